The van der Waals surface area contributed by atoms with Crippen LogP contribution in [0.5, 0.6) is 0 Å². The molecule has 0 unspecified atom stereocenters. The van der Waals surface area contributed by atoms with Crippen LogP contribution in [-0.2, 0) is 4.74 Å². The predicted octanol–water partition coefficient (Wildman–Crippen LogP) is 3.99. The van der Waals surface area contributed by atoms with Crippen molar-refractivity contribution >= 4 is 27.7 Å². The monoisotopic (exact) mass is 295 g/mol. The molecule has 6 heteroatoms. The molecule has 2 N–H and O–H groups in total. The van der Waals surface area contributed by atoms with Crippen molar-refractivity contribution in [3.8, 4) is 0 Å². The Morgan fingerprint density at radius 2 is 1.89 bits per heavy atom. The second-order valence-electron chi connectivity index (χ2n) is 4.39. The average Bonchev–Trinajstić information content (AvgIpc) is 2.13. The van der Waals surface area contributed by atoms with E-state index in [0.29, 0.717) is 6.54 Å². The van der Waals surface area contributed by atoms with Gasteiger partial charge in [-0.3, -0.25) is 0 Å². The highest BCUT2D eigenvalue weighted by Gasteiger charge is 2.15. The van der Waals surface area contributed by atoms with E-state index >= 15 is 0 Å². The lowest BCUT2D eigenvalue weighted by Crippen LogP contribution is -2.33. The fourth-order valence-electron chi connectivity index (χ4n) is 0.651. The first-order valence-electron chi connectivity index (χ1n) is 5.74. The molecule has 0 saturated carbocycles. The number of ether oxygens (including phenoxy) is 1. The van der Waals surface area contributed by atoms with Crippen LogP contribution in [-0.4, -0.2) is 34.9 Å². The van der Waals surface area contributed by atoms with Crippen LogP contribution in [0.25, 0.3) is 0 Å². The number of alkyl carbamates (subject to hydrolysis) is 1. The van der Waals surface area contributed by atoms with Gasteiger partial charge in [-0.05, 0) is 27.7 Å². The Bertz CT molecular complexity index is 236. The van der Waals surface area contributed by atoms with E-state index in [9.17, 15) is 4.79 Å². The Labute approximate surface area is 118 Å². The maximum atomic E-state index is 11.1. The first kappa shape index (κ1) is 19.8. The van der Waals surface area contributed by atoms with Gasteiger partial charge in [0.2, 0.25) is 0 Å². The molecule has 0 atom stereocenters. The molecule has 0 heterocycles. The van der Waals surface area contributed by atoms with Crippen LogP contribution in [0.3, 0.4) is 0 Å². The lowest BCUT2D eigenvalue weighted by molar-refractivity contribution is 0.0531. The molecule has 0 rings (SSSR count). The Balaban J connectivity index is 0. The zero-order valence-corrected chi connectivity index (χ0v) is 13.5. The summed E-state index contributed by atoms with van der Waals surface area (Å²) in [5.74, 6) is 2.18. The molecule has 0 bridgehead atoms. The van der Waals surface area contributed by atoms with Crippen molar-refractivity contribution in [2.45, 2.75) is 40.2 Å². The molecule has 0 aliphatic heterocycles. The number of aliphatic hydroxyl groups excluding tert-OH is 1. The molecule has 18 heavy (non-hydrogen) atoms. The summed E-state index contributed by atoms with van der Waals surface area (Å²) in [4.78, 5) is 11.1. The second kappa shape index (κ2) is 11.6. The van der Waals surface area contributed by atoms with Crippen molar-refractivity contribution in [3.63, 3.8) is 0 Å². The highest BCUT2D eigenvalue weighted by atomic mass is 33.1. The van der Waals surface area contributed by atoms with E-state index in [1.54, 1.807) is 21.6 Å². The Morgan fingerprint density at radius 3 is 2.28 bits per heavy atom. The largest absolute Gasteiger partial charge is 0.513 e. The Hall–Kier alpha value is -0.490. The number of hydrogen-bond acceptors (Lipinski definition) is 5. The van der Waals surface area contributed by atoms with Crippen LogP contribution in [0.4, 0.5) is 4.79 Å². The zero-order valence-electron chi connectivity index (χ0n) is 11.9. The van der Waals surface area contributed by atoms with Crippen LogP contribution in [0.1, 0.15) is 34.6 Å². The molecule has 0 aromatic heterocycles. The summed E-state index contributed by atoms with van der Waals surface area (Å²) < 4.78 is 5.08. The number of hydrogen-bond donors (Lipinski definition) is 2. The predicted molar refractivity (Wildman–Crippen MR) is 82.3 cm³/mol. The summed E-state index contributed by atoms with van der Waals surface area (Å²) in [6.45, 7) is 13.0. The fourth-order valence-corrected chi connectivity index (χ4v) is 2.22. The van der Waals surface area contributed by atoms with E-state index in [1.807, 2.05) is 20.8 Å². The van der Waals surface area contributed by atoms with E-state index in [0.717, 1.165) is 11.5 Å². The van der Waals surface area contributed by atoms with Gasteiger partial charge in [0.05, 0.1) is 5.76 Å². The molecule has 0 fully saturated rings. The molecule has 0 aromatic rings. The number of carbonyl (C=O) groups excluding carboxylic acids is 1. The maximum Gasteiger partial charge on any atom is 0.407 e. The topological polar surface area (TPSA) is 58.6 Å². The van der Waals surface area contributed by atoms with Gasteiger partial charge in [0.1, 0.15) is 5.60 Å². The normalized spacial score (nSPS) is 10.1. The van der Waals surface area contributed by atoms with Crippen LogP contribution in [0.15, 0.2) is 12.3 Å². The van der Waals surface area contributed by atoms with Crippen LogP contribution in [0, 0.1) is 0 Å². The molecule has 108 valence electrons. The molecule has 0 aliphatic rings. The number of aliphatic hydroxyl groups is 1. The quantitative estimate of drug-likeness (QED) is 0.456. The SMILES string of the molecule is C=C(C)O.CCSSCCNC(=O)OC(C)(C)C. The molecule has 0 aliphatic carbocycles. The van der Waals surface area contributed by atoms with Crippen molar-refractivity contribution < 1.29 is 14.6 Å². The number of nitrogens with one attached hydrogen (secondary N) is 1. The van der Waals surface area contributed by atoms with E-state index in [4.69, 9.17) is 9.84 Å². The van der Waals surface area contributed by atoms with Gasteiger partial charge in [-0.1, -0.05) is 35.1 Å². The Morgan fingerprint density at radius 1 is 1.39 bits per heavy atom. The number of amides is 1. The number of rotatable bonds is 5. The van der Waals surface area contributed by atoms with Gasteiger partial charge in [-0.25, -0.2) is 4.79 Å². The van der Waals surface area contributed by atoms with Gasteiger partial charge in [-0.2, -0.15) is 0 Å². The van der Waals surface area contributed by atoms with Gasteiger partial charge in [0, 0.05) is 18.1 Å². The summed E-state index contributed by atoms with van der Waals surface area (Å²) in [6.07, 6.45) is -0.334. The molecule has 1 amide bonds. The van der Waals surface area contributed by atoms with Crippen molar-refractivity contribution in [1.29, 1.82) is 0 Å². The van der Waals surface area contributed by atoms with E-state index in [2.05, 4.69) is 18.8 Å². The smallest absolute Gasteiger partial charge is 0.407 e. The first-order chi connectivity index (χ1) is 8.19. The van der Waals surface area contributed by atoms with Crippen molar-refractivity contribution in [1.82, 2.24) is 5.32 Å². The third-order valence-corrected chi connectivity index (χ3v) is 3.54. The van der Waals surface area contributed by atoms with Gasteiger partial charge >= 0.3 is 6.09 Å². The lowest BCUT2D eigenvalue weighted by Gasteiger charge is -2.19. The third kappa shape index (κ3) is 24.6. The minimum atomic E-state index is -0.407. The molecule has 0 spiro atoms. The highest BCUT2D eigenvalue weighted by Crippen LogP contribution is 2.18. The van der Waals surface area contributed by atoms with Crippen molar-refractivity contribution in [3.05, 3.63) is 12.3 Å². The van der Waals surface area contributed by atoms with Crippen molar-refractivity contribution in [2.24, 2.45) is 0 Å². The Kier molecular flexibility index (Phi) is 12.8. The second-order valence-corrected chi connectivity index (χ2v) is 7.26. The van der Waals surface area contributed by atoms with Crippen LogP contribution >= 0.6 is 21.6 Å². The fraction of sp³-hybridized carbons (Fsp3) is 0.750. The molecule has 0 saturated heterocycles. The summed E-state index contributed by atoms with van der Waals surface area (Å²) in [5, 5.41) is 10.6. The lowest BCUT2D eigenvalue weighted by atomic mass is 10.2. The molecule has 0 radical (unpaired) electrons. The van der Waals surface area contributed by atoms with E-state index in [-0.39, 0.29) is 11.9 Å². The van der Waals surface area contributed by atoms with Crippen LogP contribution < -0.4 is 5.32 Å². The van der Waals surface area contributed by atoms with E-state index in [1.165, 1.54) is 6.92 Å². The van der Waals surface area contributed by atoms with Gasteiger partial charge in [-0.15, -0.1) is 0 Å². The standard InChI is InChI=1S/C9H19NO2S2.C3H6O/c1-5-13-14-7-6-10-8(11)12-9(2,3)4;1-3(2)4/h5-7H2,1-4H3,(H,10,11);4H,1H2,2H3. The van der Waals surface area contributed by atoms with E-state index < -0.39 is 5.60 Å². The number of carbonyl (C=O) groups is 1. The first-order valence-corrected chi connectivity index (χ1v) is 8.23. The molecule has 0 aromatic carbocycles. The molecular formula is C12H25NO3S2. The van der Waals surface area contributed by atoms with Gasteiger partial charge < -0.3 is 15.2 Å². The minimum Gasteiger partial charge on any atom is -0.513 e. The van der Waals surface area contributed by atoms with Crippen LogP contribution in [0.2, 0.25) is 0 Å². The zero-order chi connectivity index (χ0) is 14.6. The molecule has 4 nitrogen and oxygen atoms in total. The van der Waals surface area contributed by atoms with Crippen molar-refractivity contribution in [2.75, 3.05) is 18.1 Å². The summed E-state index contributed by atoms with van der Waals surface area (Å²) in [7, 11) is 3.56. The summed E-state index contributed by atoms with van der Waals surface area (Å²) in [5.41, 5.74) is -0.407. The minimum absolute atomic E-state index is 0.167. The van der Waals surface area contributed by atoms with Gasteiger partial charge in [0.15, 0.2) is 0 Å². The van der Waals surface area contributed by atoms with Gasteiger partial charge in [0.25, 0.3) is 0 Å². The highest BCUT2D eigenvalue weighted by molar-refractivity contribution is 8.76. The molecular weight excluding hydrogens is 270 g/mol. The maximum absolute atomic E-state index is 11.1. The summed E-state index contributed by atoms with van der Waals surface area (Å²) in [6, 6.07) is 0. The third-order valence-electron chi connectivity index (χ3n) is 1.05. The summed E-state index contributed by atoms with van der Waals surface area (Å²) >= 11 is 0. The number of allylic oxidation sites excluding steroid dienone is 1. The average molecular weight is 295 g/mol.